The Morgan fingerprint density at radius 3 is 2.59 bits per heavy atom. The molecule has 2 aromatic carbocycles. The van der Waals surface area contributed by atoms with Gasteiger partial charge < -0.3 is 4.74 Å². The number of morpholine rings is 1. The topological polar surface area (TPSA) is 46.6 Å². The van der Waals surface area contributed by atoms with Crippen molar-refractivity contribution in [3.8, 4) is 0 Å². The molecule has 22 heavy (non-hydrogen) atoms. The van der Waals surface area contributed by atoms with Gasteiger partial charge in [0.1, 0.15) is 0 Å². The molecule has 1 aliphatic heterocycles. The van der Waals surface area contributed by atoms with E-state index in [1.54, 1.807) is 18.2 Å². The highest BCUT2D eigenvalue weighted by Gasteiger charge is 2.31. The lowest BCUT2D eigenvalue weighted by Crippen LogP contribution is -2.42. The Hall–Kier alpha value is -1.69. The predicted molar refractivity (Wildman–Crippen MR) is 85.1 cm³/mol. The number of rotatable bonds is 3. The van der Waals surface area contributed by atoms with E-state index < -0.39 is 10.0 Å². The van der Waals surface area contributed by atoms with Crippen molar-refractivity contribution in [2.45, 2.75) is 17.9 Å². The van der Waals surface area contributed by atoms with Gasteiger partial charge in [-0.3, -0.25) is 0 Å². The van der Waals surface area contributed by atoms with Crippen LogP contribution in [0.5, 0.6) is 0 Å². The third-order valence-corrected chi connectivity index (χ3v) is 5.69. The van der Waals surface area contributed by atoms with Crippen molar-refractivity contribution < 1.29 is 13.2 Å². The highest BCUT2D eigenvalue weighted by atomic mass is 32.2. The first-order chi connectivity index (χ1) is 10.6. The third kappa shape index (κ3) is 3.06. The lowest BCUT2D eigenvalue weighted by molar-refractivity contribution is -0.00255. The molecule has 0 aromatic heterocycles. The molecule has 5 heteroatoms. The normalized spacial score (nSPS) is 20.0. The van der Waals surface area contributed by atoms with Crippen molar-refractivity contribution in [2.24, 2.45) is 0 Å². The second-order valence-electron chi connectivity index (χ2n) is 5.45. The summed E-state index contributed by atoms with van der Waals surface area (Å²) >= 11 is 0. The smallest absolute Gasteiger partial charge is 0.243 e. The van der Waals surface area contributed by atoms with E-state index >= 15 is 0 Å². The third-order valence-electron chi connectivity index (χ3n) is 3.83. The summed E-state index contributed by atoms with van der Waals surface area (Å²) in [4.78, 5) is 0.348. The number of ether oxygens (including phenoxy) is 1. The molecule has 116 valence electrons. The number of hydrogen-bond donors (Lipinski definition) is 0. The first-order valence-electron chi connectivity index (χ1n) is 7.31. The summed E-state index contributed by atoms with van der Waals surface area (Å²) in [6.07, 6.45) is -0.213. The number of nitrogens with zero attached hydrogens (tertiary/aromatic N) is 1. The molecule has 3 rings (SSSR count). The summed E-state index contributed by atoms with van der Waals surface area (Å²) in [5, 5.41) is 0. The van der Waals surface area contributed by atoms with E-state index in [-0.39, 0.29) is 6.10 Å². The first kappa shape index (κ1) is 15.2. The van der Waals surface area contributed by atoms with Crippen molar-refractivity contribution in [1.29, 1.82) is 0 Å². The van der Waals surface area contributed by atoms with Gasteiger partial charge in [-0.2, -0.15) is 4.31 Å². The molecule has 0 radical (unpaired) electrons. The van der Waals surface area contributed by atoms with E-state index in [1.165, 1.54) is 4.31 Å². The minimum Gasteiger partial charge on any atom is -0.371 e. The van der Waals surface area contributed by atoms with Crippen molar-refractivity contribution >= 4 is 10.0 Å². The fourth-order valence-corrected chi connectivity index (χ4v) is 4.17. The Kier molecular flexibility index (Phi) is 4.29. The molecule has 0 spiro atoms. The molecular weight excluding hydrogens is 298 g/mol. The molecular formula is C17H19NO3S. The van der Waals surface area contributed by atoms with Gasteiger partial charge in [0.05, 0.1) is 17.6 Å². The van der Waals surface area contributed by atoms with Crippen LogP contribution in [0.3, 0.4) is 0 Å². The molecule has 2 aromatic rings. The van der Waals surface area contributed by atoms with Crippen LogP contribution in [0, 0.1) is 6.92 Å². The molecule has 1 unspecified atom stereocenters. The molecule has 0 aliphatic carbocycles. The van der Waals surface area contributed by atoms with Gasteiger partial charge in [0.25, 0.3) is 0 Å². The van der Waals surface area contributed by atoms with E-state index in [4.69, 9.17) is 4.74 Å². The summed E-state index contributed by atoms with van der Waals surface area (Å²) in [7, 11) is -3.47. The fourth-order valence-electron chi connectivity index (χ4n) is 2.64. The van der Waals surface area contributed by atoms with Gasteiger partial charge in [-0.1, -0.05) is 42.5 Å². The average Bonchev–Trinajstić information content (AvgIpc) is 2.56. The summed E-state index contributed by atoms with van der Waals surface area (Å²) in [5.74, 6) is 0. The van der Waals surface area contributed by atoms with E-state index in [0.717, 1.165) is 11.1 Å². The van der Waals surface area contributed by atoms with Gasteiger partial charge in [0, 0.05) is 13.1 Å². The van der Waals surface area contributed by atoms with Crippen molar-refractivity contribution in [3.63, 3.8) is 0 Å². The Morgan fingerprint density at radius 1 is 1.09 bits per heavy atom. The number of benzene rings is 2. The van der Waals surface area contributed by atoms with E-state index in [1.807, 2.05) is 43.3 Å². The summed E-state index contributed by atoms with van der Waals surface area (Å²) < 4.78 is 32.8. The monoisotopic (exact) mass is 317 g/mol. The van der Waals surface area contributed by atoms with Crippen molar-refractivity contribution in [2.75, 3.05) is 19.7 Å². The lowest BCUT2D eigenvalue weighted by Gasteiger charge is -2.32. The number of hydrogen-bond acceptors (Lipinski definition) is 3. The molecule has 0 saturated carbocycles. The lowest BCUT2D eigenvalue weighted by atomic mass is 10.1. The van der Waals surface area contributed by atoms with Crippen molar-refractivity contribution in [3.05, 3.63) is 65.7 Å². The van der Waals surface area contributed by atoms with Crippen LogP contribution >= 0.6 is 0 Å². The first-order valence-corrected chi connectivity index (χ1v) is 8.75. The van der Waals surface area contributed by atoms with Crippen LogP contribution in [0.25, 0.3) is 0 Å². The minimum absolute atomic E-state index is 0.213. The highest BCUT2D eigenvalue weighted by Crippen LogP contribution is 2.26. The van der Waals surface area contributed by atoms with E-state index in [2.05, 4.69) is 0 Å². The van der Waals surface area contributed by atoms with Crippen LogP contribution in [0.15, 0.2) is 59.5 Å². The average molecular weight is 317 g/mol. The van der Waals surface area contributed by atoms with Gasteiger partial charge in [-0.05, 0) is 30.2 Å². The summed E-state index contributed by atoms with van der Waals surface area (Å²) in [6.45, 7) is 3.04. The molecule has 1 fully saturated rings. The zero-order chi connectivity index (χ0) is 15.6. The molecule has 4 nitrogen and oxygen atoms in total. The quantitative estimate of drug-likeness (QED) is 0.874. The molecule has 0 bridgehead atoms. The molecule has 1 heterocycles. The zero-order valence-corrected chi connectivity index (χ0v) is 13.3. The molecule has 0 N–H and O–H groups in total. The predicted octanol–water partition coefficient (Wildman–Crippen LogP) is 2.76. The largest absolute Gasteiger partial charge is 0.371 e. The summed E-state index contributed by atoms with van der Waals surface area (Å²) in [5.41, 5.74) is 1.94. The molecule has 1 atom stereocenters. The Labute approximate surface area is 131 Å². The van der Waals surface area contributed by atoms with Crippen LogP contribution < -0.4 is 0 Å². The SMILES string of the molecule is Cc1cccc(S(=O)(=O)N2CCOC(c3ccccc3)C2)c1. The standard InChI is InChI=1S/C17H19NO3S/c1-14-6-5-9-16(12-14)22(19,20)18-10-11-21-17(13-18)15-7-3-2-4-8-15/h2-9,12,17H,10-11,13H2,1H3. The summed E-state index contributed by atoms with van der Waals surface area (Å²) in [6, 6.07) is 16.8. The number of aryl methyl sites for hydroxylation is 1. The van der Waals surface area contributed by atoms with Gasteiger partial charge in [0.2, 0.25) is 10.0 Å². The Balaban J connectivity index is 1.85. The maximum absolute atomic E-state index is 12.8. The van der Waals surface area contributed by atoms with E-state index in [9.17, 15) is 8.42 Å². The zero-order valence-electron chi connectivity index (χ0n) is 12.5. The van der Waals surface area contributed by atoms with Crippen LogP contribution in [-0.2, 0) is 14.8 Å². The van der Waals surface area contributed by atoms with Gasteiger partial charge in [0.15, 0.2) is 0 Å². The highest BCUT2D eigenvalue weighted by molar-refractivity contribution is 7.89. The van der Waals surface area contributed by atoms with Gasteiger partial charge in [-0.15, -0.1) is 0 Å². The van der Waals surface area contributed by atoms with Crippen LogP contribution in [-0.4, -0.2) is 32.4 Å². The Bertz CT molecular complexity index is 744. The number of sulfonamides is 1. The maximum Gasteiger partial charge on any atom is 0.243 e. The molecule has 1 aliphatic rings. The second-order valence-corrected chi connectivity index (χ2v) is 7.39. The van der Waals surface area contributed by atoms with Gasteiger partial charge >= 0.3 is 0 Å². The van der Waals surface area contributed by atoms with Gasteiger partial charge in [-0.25, -0.2) is 8.42 Å². The minimum atomic E-state index is -3.47. The molecule has 1 saturated heterocycles. The van der Waals surface area contributed by atoms with Crippen molar-refractivity contribution in [1.82, 2.24) is 4.31 Å². The van der Waals surface area contributed by atoms with Crippen LogP contribution in [0.2, 0.25) is 0 Å². The molecule has 0 amide bonds. The second kappa shape index (κ2) is 6.20. The maximum atomic E-state index is 12.8. The van der Waals surface area contributed by atoms with Crippen LogP contribution in [0.4, 0.5) is 0 Å². The fraction of sp³-hybridized carbons (Fsp3) is 0.294. The van der Waals surface area contributed by atoms with Crippen LogP contribution in [0.1, 0.15) is 17.2 Å². The van der Waals surface area contributed by atoms with E-state index in [0.29, 0.717) is 24.6 Å². The Morgan fingerprint density at radius 2 is 1.86 bits per heavy atom.